The summed E-state index contributed by atoms with van der Waals surface area (Å²) >= 11 is 12.1. The first-order chi connectivity index (χ1) is 12.8. The summed E-state index contributed by atoms with van der Waals surface area (Å²) in [6, 6.07) is 7.91. The molecule has 1 heterocycles. The number of hydrogen-bond donors (Lipinski definition) is 1. The molecule has 0 amide bonds. The van der Waals surface area contributed by atoms with Gasteiger partial charge in [-0.25, -0.2) is 0 Å². The molecule has 0 aliphatic rings. The molecule has 0 fully saturated rings. The Morgan fingerprint density at radius 2 is 1.85 bits per heavy atom. The number of anilines is 1. The Hall–Kier alpha value is -2.45. The van der Waals surface area contributed by atoms with Crippen LogP contribution < -0.4 is 10.1 Å². The zero-order chi connectivity index (χ0) is 19.6. The Balaban J connectivity index is 1.74. The molecule has 0 unspecified atom stereocenters. The zero-order valence-corrected chi connectivity index (χ0v) is 15.3. The van der Waals surface area contributed by atoms with Gasteiger partial charge in [-0.2, -0.15) is 18.2 Å². The number of methoxy groups -OCH3 is 1. The van der Waals surface area contributed by atoms with Gasteiger partial charge >= 0.3 is 6.18 Å². The van der Waals surface area contributed by atoms with Crippen molar-refractivity contribution in [2.24, 2.45) is 0 Å². The van der Waals surface area contributed by atoms with Gasteiger partial charge in [-0.05, 0) is 24.3 Å². The van der Waals surface area contributed by atoms with E-state index >= 15 is 0 Å². The first kappa shape index (κ1) is 19.3. The number of hydrogen-bond acceptors (Lipinski definition) is 5. The summed E-state index contributed by atoms with van der Waals surface area (Å²) in [5.74, 6) is 0.600. The first-order valence-corrected chi connectivity index (χ1v) is 8.30. The van der Waals surface area contributed by atoms with E-state index in [1.165, 1.54) is 19.2 Å². The van der Waals surface area contributed by atoms with Crippen LogP contribution in [0.1, 0.15) is 11.5 Å². The number of rotatable bonds is 5. The van der Waals surface area contributed by atoms with Crippen molar-refractivity contribution >= 4 is 28.9 Å². The molecule has 2 aromatic carbocycles. The van der Waals surface area contributed by atoms with Crippen LogP contribution in [0.5, 0.6) is 5.75 Å². The van der Waals surface area contributed by atoms with Gasteiger partial charge in [0.1, 0.15) is 0 Å². The summed E-state index contributed by atoms with van der Waals surface area (Å²) in [6.07, 6.45) is -4.45. The molecule has 142 valence electrons. The van der Waals surface area contributed by atoms with E-state index in [9.17, 15) is 13.2 Å². The van der Waals surface area contributed by atoms with Crippen molar-refractivity contribution in [3.8, 4) is 17.1 Å². The lowest BCUT2D eigenvalue weighted by Gasteiger charge is -2.09. The maximum atomic E-state index is 12.8. The highest BCUT2D eigenvalue weighted by molar-refractivity contribution is 6.37. The van der Waals surface area contributed by atoms with Gasteiger partial charge in [0.05, 0.1) is 29.3 Å². The maximum absolute atomic E-state index is 12.8. The Kier molecular flexibility index (Phi) is 5.48. The van der Waals surface area contributed by atoms with Crippen LogP contribution in [0.25, 0.3) is 11.4 Å². The van der Waals surface area contributed by atoms with Crippen LogP contribution >= 0.6 is 23.2 Å². The minimum absolute atomic E-state index is 0.0590. The van der Waals surface area contributed by atoms with Gasteiger partial charge in [0.2, 0.25) is 11.7 Å². The van der Waals surface area contributed by atoms with Crippen molar-refractivity contribution < 1.29 is 22.4 Å². The molecule has 1 aromatic heterocycles. The average Bonchev–Trinajstić information content (AvgIpc) is 3.08. The molecule has 0 aliphatic carbocycles. The number of nitrogens with one attached hydrogen (secondary N) is 1. The van der Waals surface area contributed by atoms with E-state index in [-0.39, 0.29) is 23.8 Å². The van der Waals surface area contributed by atoms with E-state index in [0.29, 0.717) is 21.5 Å². The van der Waals surface area contributed by atoms with E-state index in [1.807, 2.05) is 0 Å². The molecule has 0 radical (unpaired) electrons. The van der Waals surface area contributed by atoms with Crippen LogP contribution in [-0.2, 0) is 12.7 Å². The Morgan fingerprint density at radius 3 is 2.48 bits per heavy atom. The van der Waals surface area contributed by atoms with Crippen molar-refractivity contribution in [3.05, 3.63) is 57.9 Å². The van der Waals surface area contributed by atoms with Crippen LogP contribution in [0.2, 0.25) is 10.0 Å². The minimum Gasteiger partial charge on any atom is -0.494 e. The quantitative estimate of drug-likeness (QED) is 0.578. The molecule has 1 N–H and O–H groups in total. The largest absolute Gasteiger partial charge is 0.494 e. The maximum Gasteiger partial charge on any atom is 0.416 e. The molecule has 0 atom stereocenters. The standard InChI is InChI=1S/C17H12Cl2F3N3O2/c1-26-15-12(18)6-11(7-13(15)19)23-8-14-24-16(25-27-14)9-3-2-4-10(5-9)17(20,21)22/h2-7,23H,8H2,1H3. The first-order valence-electron chi connectivity index (χ1n) is 7.55. The molecule has 3 rings (SSSR count). The van der Waals surface area contributed by atoms with Crippen LogP contribution in [0.4, 0.5) is 18.9 Å². The number of ether oxygens (including phenoxy) is 1. The van der Waals surface area contributed by atoms with E-state index in [0.717, 1.165) is 12.1 Å². The summed E-state index contributed by atoms with van der Waals surface area (Å²) in [5, 5.41) is 7.36. The average molecular weight is 418 g/mol. The van der Waals surface area contributed by atoms with Gasteiger partial charge in [-0.15, -0.1) is 0 Å². The lowest BCUT2D eigenvalue weighted by molar-refractivity contribution is -0.137. The third-order valence-corrected chi connectivity index (χ3v) is 4.12. The van der Waals surface area contributed by atoms with Crippen LogP contribution in [0.15, 0.2) is 40.9 Å². The van der Waals surface area contributed by atoms with E-state index in [1.54, 1.807) is 12.1 Å². The predicted octanol–water partition coefficient (Wildman–Crippen LogP) is 5.68. The molecule has 0 saturated carbocycles. The lowest BCUT2D eigenvalue weighted by atomic mass is 10.1. The Morgan fingerprint density at radius 1 is 1.15 bits per heavy atom. The summed E-state index contributed by atoms with van der Waals surface area (Å²) in [6.45, 7) is 0.130. The second kappa shape index (κ2) is 7.66. The van der Waals surface area contributed by atoms with Gasteiger partial charge in [-0.1, -0.05) is 40.5 Å². The Labute approximate surface area is 162 Å². The highest BCUT2D eigenvalue weighted by atomic mass is 35.5. The van der Waals surface area contributed by atoms with Crippen molar-refractivity contribution in [2.45, 2.75) is 12.7 Å². The second-order valence-corrected chi connectivity index (χ2v) is 6.23. The smallest absolute Gasteiger partial charge is 0.416 e. The SMILES string of the molecule is COc1c(Cl)cc(NCc2nc(-c3cccc(C(F)(F)F)c3)no2)cc1Cl. The fraction of sp³-hybridized carbons (Fsp3) is 0.176. The third-order valence-electron chi connectivity index (χ3n) is 3.56. The highest BCUT2D eigenvalue weighted by Crippen LogP contribution is 2.36. The van der Waals surface area contributed by atoms with E-state index in [2.05, 4.69) is 15.5 Å². The summed E-state index contributed by atoms with van der Waals surface area (Å²) < 4.78 is 48.6. The van der Waals surface area contributed by atoms with Crippen molar-refractivity contribution in [1.82, 2.24) is 10.1 Å². The normalized spacial score (nSPS) is 11.5. The van der Waals surface area contributed by atoms with Gasteiger partial charge in [0.25, 0.3) is 0 Å². The third kappa shape index (κ3) is 4.45. The van der Waals surface area contributed by atoms with Crippen LogP contribution in [0, 0.1) is 0 Å². The molecule has 27 heavy (non-hydrogen) atoms. The van der Waals surface area contributed by atoms with Gasteiger partial charge < -0.3 is 14.6 Å². The fourth-order valence-electron chi connectivity index (χ4n) is 2.31. The molecular weight excluding hydrogens is 406 g/mol. The number of benzene rings is 2. The minimum atomic E-state index is -4.45. The van der Waals surface area contributed by atoms with Crippen molar-refractivity contribution in [3.63, 3.8) is 0 Å². The van der Waals surface area contributed by atoms with Crippen LogP contribution in [0.3, 0.4) is 0 Å². The number of nitrogens with zero attached hydrogens (tertiary/aromatic N) is 2. The number of aromatic nitrogens is 2. The van der Waals surface area contributed by atoms with Crippen LogP contribution in [-0.4, -0.2) is 17.3 Å². The van der Waals surface area contributed by atoms with Gasteiger partial charge in [0.15, 0.2) is 5.75 Å². The predicted molar refractivity (Wildman–Crippen MR) is 95.1 cm³/mol. The second-order valence-electron chi connectivity index (χ2n) is 5.42. The number of halogens is 5. The molecule has 5 nitrogen and oxygen atoms in total. The zero-order valence-electron chi connectivity index (χ0n) is 13.8. The van der Waals surface area contributed by atoms with Crippen molar-refractivity contribution in [2.75, 3.05) is 12.4 Å². The van der Waals surface area contributed by atoms with Gasteiger partial charge in [0, 0.05) is 11.3 Å². The molecular formula is C17H12Cl2F3N3O2. The fourth-order valence-corrected chi connectivity index (χ4v) is 2.95. The Bertz CT molecular complexity index is 938. The highest BCUT2D eigenvalue weighted by Gasteiger charge is 2.30. The molecule has 3 aromatic rings. The number of alkyl halides is 3. The van der Waals surface area contributed by atoms with Crippen molar-refractivity contribution in [1.29, 1.82) is 0 Å². The summed E-state index contributed by atoms with van der Waals surface area (Å²) in [5.41, 5.74) is 0.00646. The summed E-state index contributed by atoms with van der Waals surface area (Å²) in [4.78, 5) is 4.10. The van der Waals surface area contributed by atoms with E-state index in [4.69, 9.17) is 32.5 Å². The molecule has 0 saturated heterocycles. The molecule has 0 aliphatic heterocycles. The van der Waals surface area contributed by atoms with E-state index < -0.39 is 11.7 Å². The van der Waals surface area contributed by atoms with Gasteiger partial charge in [-0.3, -0.25) is 0 Å². The molecule has 0 bridgehead atoms. The summed E-state index contributed by atoms with van der Waals surface area (Å²) in [7, 11) is 1.45. The topological polar surface area (TPSA) is 60.2 Å². The monoisotopic (exact) mass is 417 g/mol. The lowest BCUT2D eigenvalue weighted by Crippen LogP contribution is -2.04. The molecule has 0 spiro atoms. The molecule has 10 heteroatoms.